The van der Waals surface area contributed by atoms with Crippen molar-refractivity contribution in [1.29, 1.82) is 0 Å². The molecule has 0 aliphatic carbocycles. The first-order valence-corrected chi connectivity index (χ1v) is 13.0. The maximum absolute atomic E-state index is 13.3. The van der Waals surface area contributed by atoms with Crippen molar-refractivity contribution in [2.75, 3.05) is 26.8 Å². The molecule has 12 nitrogen and oxygen atoms in total. The number of pyridine rings is 2. The highest BCUT2D eigenvalue weighted by molar-refractivity contribution is 5.96. The molecule has 6 heterocycles. The second kappa shape index (κ2) is 10.0. The van der Waals surface area contributed by atoms with Crippen LogP contribution in [0, 0.1) is 6.92 Å². The molecule has 1 atom stereocenters. The highest BCUT2D eigenvalue weighted by Gasteiger charge is 2.26. The lowest BCUT2D eigenvalue weighted by Gasteiger charge is -2.30. The van der Waals surface area contributed by atoms with Crippen molar-refractivity contribution in [3.63, 3.8) is 0 Å². The van der Waals surface area contributed by atoms with E-state index in [0.717, 1.165) is 46.2 Å². The highest BCUT2D eigenvalue weighted by atomic mass is 16.5. The number of nitrogens with zero attached hydrogens (tertiary/aromatic N) is 8. The van der Waals surface area contributed by atoms with E-state index < -0.39 is 0 Å². The van der Waals surface area contributed by atoms with Gasteiger partial charge in [-0.05, 0) is 38.0 Å². The summed E-state index contributed by atoms with van der Waals surface area (Å²) in [5.41, 5.74) is 11.0. The lowest BCUT2D eigenvalue weighted by Crippen LogP contribution is -2.45. The fraction of sp³-hybridized carbons (Fsp3) is 0.370. The molecular weight excluding hydrogens is 498 g/mol. The average molecular weight is 530 g/mol. The summed E-state index contributed by atoms with van der Waals surface area (Å²) < 4.78 is 17.4. The first-order chi connectivity index (χ1) is 18.9. The molecule has 1 unspecified atom stereocenters. The average Bonchev–Trinajstić information content (AvgIpc) is 3.66. The quantitative estimate of drug-likeness (QED) is 0.340. The molecule has 0 spiro atoms. The number of ether oxygens (including phenoxy) is 2. The van der Waals surface area contributed by atoms with Gasteiger partial charge in [0.05, 0.1) is 24.9 Å². The summed E-state index contributed by atoms with van der Waals surface area (Å²) in [6.07, 6.45) is 8.66. The second-order valence-corrected chi connectivity index (χ2v) is 9.91. The van der Waals surface area contributed by atoms with Crippen molar-refractivity contribution in [2.45, 2.75) is 32.4 Å². The number of amides is 1. The molecule has 0 saturated carbocycles. The molecule has 1 fully saturated rings. The highest BCUT2D eigenvalue weighted by Crippen LogP contribution is 2.36. The van der Waals surface area contributed by atoms with Crippen molar-refractivity contribution in [2.24, 2.45) is 12.8 Å². The summed E-state index contributed by atoms with van der Waals surface area (Å²) in [7, 11) is 3.58. The minimum atomic E-state index is -0.0657. The van der Waals surface area contributed by atoms with Crippen LogP contribution in [0.25, 0.3) is 27.8 Å². The predicted octanol–water partition coefficient (Wildman–Crippen LogP) is 2.44. The van der Waals surface area contributed by atoms with E-state index in [4.69, 9.17) is 20.3 Å². The van der Waals surface area contributed by atoms with Gasteiger partial charge < -0.3 is 29.2 Å². The van der Waals surface area contributed by atoms with E-state index in [1.165, 1.54) is 0 Å². The zero-order valence-electron chi connectivity index (χ0n) is 22.2. The number of carbonyl (C=O) groups excluding carboxylic acids is 1. The number of likely N-dealkylation sites (tertiary alicyclic amines) is 1. The molecule has 1 saturated heterocycles. The van der Waals surface area contributed by atoms with Crippen LogP contribution >= 0.6 is 0 Å². The summed E-state index contributed by atoms with van der Waals surface area (Å²) in [5.74, 6) is 1.07. The third kappa shape index (κ3) is 4.46. The molecule has 0 bridgehead atoms. The molecule has 6 rings (SSSR count). The fourth-order valence-corrected chi connectivity index (χ4v) is 5.36. The van der Waals surface area contributed by atoms with Gasteiger partial charge in [-0.3, -0.25) is 4.79 Å². The van der Waals surface area contributed by atoms with Crippen LogP contribution in [0.15, 0.2) is 43.2 Å². The van der Waals surface area contributed by atoms with Crippen LogP contribution in [0.2, 0.25) is 0 Å². The topological polar surface area (TPSA) is 131 Å². The van der Waals surface area contributed by atoms with Gasteiger partial charge in [-0.15, -0.1) is 10.2 Å². The van der Waals surface area contributed by atoms with Crippen LogP contribution in [0.3, 0.4) is 0 Å². The van der Waals surface area contributed by atoms with E-state index in [1.807, 2.05) is 34.1 Å². The Morgan fingerprint density at radius 1 is 1.21 bits per heavy atom. The molecule has 1 aliphatic rings. The maximum Gasteiger partial charge on any atom is 0.255 e. The predicted molar refractivity (Wildman–Crippen MR) is 145 cm³/mol. The Morgan fingerprint density at radius 3 is 2.79 bits per heavy atom. The molecule has 2 N–H and O–H groups in total. The van der Waals surface area contributed by atoms with Gasteiger partial charge in [0.15, 0.2) is 0 Å². The normalized spacial score (nSPS) is 15.8. The lowest BCUT2D eigenvalue weighted by molar-refractivity contribution is 0.0708. The molecule has 12 heteroatoms. The molecule has 0 radical (unpaired) electrons. The molecule has 5 aromatic heterocycles. The second-order valence-electron chi connectivity index (χ2n) is 9.91. The van der Waals surface area contributed by atoms with Gasteiger partial charge in [0.1, 0.15) is 41.7 Å². The number of rotatable bonds is 7. The number of methoxy groups -OCH3 is 1. The number of fused-ring (bicyclic) bond motifs is 2. The van der Waals surface area contributed by atoms with Crippen LogP contribution in [0.1, 0.15) is 28.8 Å². The Kier molecular flexibility index (Phi) is 6.39. The minimum Gasteiger partial charge on any atom is -0.494 e. The van der Waals surface area contributed by atoms with Crippen molar-refractivity contribution in [3.8, 4) is 23.0 Å². The van der Waals surface area contributed by atoms with E-state index in [9.17, 15) is 4.79 Å². The zero-order chi connectivity index (χ0) is 27.1. The van der Waals surface area contributed by atoms with Gasteiger partial charge in [-0.25, -0.2) is 9.50 Å². The van der Waals surface area contributed by atoms with E-state index in [-0.39, 0.29) is 11.9 Å². The Hall–Kier alpha value is -4.45. The van der Waals surface area contributed by atoms with Crippen molar-refractivity contribution in [1.82, 2.24) is 38.8 Å². The van der Waals surface area contributed by atoms with Crippen molar-refractivity contribution < 1.29 is 14.3 Å². The Balaban J connectivity index is 1.37. The molecule has 1 amide bonds. The van der Waals surface area contributed by atoms with Crippen LogP contribution in [0.4, 0.5) is 0 Å². The zero-order valence-corrected chi connectivity index (χ0v) is 22.2. The van der Waals surface area contributed by atoms with Gasteiger partial charge in [-0.1, -0.05) is 0 Å². The number of hydrogen-bond donors (Lipinski definition) is 1. The monoisotopic (exact) mass is 529 g/mol. The van der Waals surface area contributed by atoms with E-state index in [2.05, 4.69) is 21.2 Å². The number of carbonyl (C=O) groups is 1. The Bertz CT molecular complexity index is 1650. The van der Waals surface area contributed by atoms with E-state index >= 15 is 0 Å². The number of piperidine rings is 1. The van der Waals surface area contributed by atoms with Gasteiger partial charge in [-0.2, -0.15) is 5.10 Å². The maximum atomic E-state index is 13.3. The fourth-order valence-electron chi connectivity index (χ4n) is 5.36. The summed E-state index contributed by atoms with van der Waals surface area (Å²) in [5, 5.41) is 13.6. The number of hydrogen-bond acceptors (Lipinski definition) is 8. The minimum absolute atomic E-state index is 0.00428. The first-order valence-electron chi connectivity index (χ1n) is 13.0. The molecule has 1 aliphatic heterocycles. The molecule has 5 aromatic rings. The van der Waals surface area contributed by atoms with Crippen LogP contribution in [-0.4, -0.2) is 77.6 Å². The van der Waals surface area contributed by atoms with Crippen LogP contribution < -0.4 is 15.2 Å². The third-order valence-electron chi connectivity index (χ3n) is 7.35. The number of nitrogens with two attached hydrogens (primary N) is 1. The lowest BCUT2D eigenvalue weighted by atomic mass is 10.1. The van der Waals surface area contributed by atoms with E-state index in [1.54, 1.807) is 42.7 Å². The summed E-state index contributed by atoms with van der Waals surface area (Å²) in [6, 6.07) is 5.83. The Labute approximate surface area is 224 Å². The third-order valence-corrected chi connectivity index (χ3v) is 7.35. The molecule has 39 heavy (non-hydrogen) atoms. The summed E-state index contributed by atoms with van der Waals surface area (Å²) in [6.45, 7) is 4.30. The first kappa shape index (κ1) is 24.9. The van der Waals surface area contributed by atoms with Crippen LogP contribution in [0.5, 0.6) is 11.6 Å². The van der Waals surface area contributed by atoms with Gasteiger partial charge in [0.2, 0.25) is 5.88 Å². The molecule has 0 aromatic carbocycles. The van der Waals surface area contributed by atoms with Crippen LogP contribution in [-0.2, 0) is 13.6 Å². The SMILES string of the molecule is COc1cc(C(=O)N2CCCC(N)C2)cn2nc(-c3cc4ccnc(OCCn5cnnc5)c4n3C)c(C)c12. The van der Waals surface area contributed by atoms with Crippen molar-refractivity contribution >= 4 is 22.3 Å². The van der Waals surface area contributed by atoms with Gasteiger partial charge in [0, 0.05) is 49.5 Å². The standard InChI is InChI=1S/C27H31N9O3/c1-17-23(21-11-18-6-7-29-26(25(18)33(21)2)39-10-9-34-15-30-31-16-34)32-36-13-19(12-22(38-3)24(17)36)27(37)35-8-4-5-20(28)14-35/h6-7,11-13,15-16,20H,4-5,8-10,14,28H2,1-3H3. The van der Waals surface area contributed by atoms with Gasteiger partial charge in [0.25, 0.3) is 5.91 Å². The number of aromatic nitrogens is 7. The number of aryl methyl sites for hydroxylation is 2. The van der Waals surface area contributed by atoms with Gasteiger partial charge >= 0.3 is 0 Å². The Morgan fingerprint density at radius 2 is 2.03 bits per heavy atom. The van der Waals surface area contributed by atoms with Crippen molar-refractivity contribution in [3.05, 3.63) is 54.4 Å². The smallest absolute Gasteiger partial charge is 0.255 e. The summed E-state index contributed by atoms with van der Waals surface area (Å²) in [4.78, 5) is 19.6. The molecule has 202 valence electrons. The molecular formula is C27H31N9O3. The largest absolute Gasteiger partial charge is 0.494 e. The van der Waals surface area contributed by atoms with E-state index in [0.29, 0.717) is 43.4 Å². The summed E-state index contributed by atoms with van der Waals surface area (Å²) >= 11 is 0.